The normalized spacial score (nSPS) is 11.6. The van der Waals surface area contributed by atoms with Crippen molar-refractivity contribution in [2.75, 3.05) is 0 Å². The van der Waals surface area contributed by atoms with Crippen molar-refractivity contribution in [2.24, 2.45) is 0 Å². The first-order chi connectivity index (χ1) is 16.0. The third kappa shape index (κ3) is 28.6. The summed E-state index contributed by atoms with van der Waals surface area (Å²) in [6.45, 7) is 0. The molecule has 0 spiro atoms. The second kappa shape index (κ2) is 26.8. The van der Waals surface area contributed by atoms with Crippen molar-refractivity contribution in [1.29, 1.82) is 0 Å². The quantitative estimate of drug-likeness (QED) is 0.0723. The molecule has 8 nitrogen and oxygen atoms in total. The number of unbranched alkanes of at least 4 members (excludes halogenated alkanes) is 19. The van der Waals surface area contributed by atoms with Gasteiger partial charge in [-0.25, -0.2) is 0 Å². The molecular weight excluding hydrogens is 524 g/mol. The third-order valence-corrected chi connectivity index (χ3v) is 7.93. The minimum Gasteiger partial charge on any atom is -1.00 e. The minimum atomic E-state index is -4.52. The van der Waals surface area contributed by atoms with Crippen LogP contribution >= 0.6 is 15.2 Å². The van der Waals surface area contributed by atoms with Crippen molar-refractivity contribution in [3.63, 3.8) is 0 Å². The number of hydrogen-bond acceptors (Lipinski definition) is 4. The Balaban J connectivity index is -0.000000907. The maximum atomic E-state index is 11.1. The molecule has 0 bridgehead atoms. The molecule has 0 fully saturated rings. The Hall–Kier alpha value is 1.64. The molecule has 4 N–H and O–H groups in total. The monoisotopic (exact) mass is 574 g/mol. The van der Waals surface area contributed by atoms with E-state index in [0.717, 1.165) is 38.5 Å². The van der Waals surface area contributed by atoms with Crippen LogP contribution in [0.1, 0.15) is 144 Å². The van der Waals surface area contributed by atoms with E-state index < -0.39 is 26.2 Å². The van der Waals surface area contributed by atoms with Crippen molar-refractivity contribution < 1.29 is 100 Å². The van der Waals surface area contributed by atoms with Gasteiger partial charge in [0.25, 0.3) is 0 Å². The van der Waals surface area contributed by atoms with Crippen LogP contribution in [0.4, 0.5) is 0 Å². The van der Waals surface area contributed by atoms with Crippen molar-refractivity contribution in [1.82, 2.24) is 0 Å². The Morgan fingerprint density at radius 3 is 0.667 bits per heavy atom. The van der Waals surface area contributed by atoms with Gasteiger partial charge in [0.1, 0.15) is 0 Å². The predicted molar refractivity (Wildman–Crippen MR) is 138 cm³/mol. The summed E-state index contributed by atoms with van der Waals surface area (Å²) >= 11 is 0. The molecule has 206 valence electrons. The fourth-order valence-corrected chi connectivity index (χ4v) is 4.92. The molecule has 0 saturated heterocycles. The average Bonchev–Trinajstić information content (AvgIpc) is 2.75. The molecule has 0 unspecified atom stereocenters. The van der Waals surface area contributed by atoms with Gasteiger partial charge in [0.05, 0.1) is 0 Å². The van der Waals surface area contributed by atoms with Crippen molar-refractivity contribution in [3.05, 3.63) is 0 Å². The molecule has 0 aliphatic heterocycles. The molecule has 0 radical (unpaired) electrons. The second-order valence-corrected chi connectivity index (χ2v) is 12.6. The first kappa shape index (κ1) is 42.1. The molecule has 0 amide bonds. The minimum absolute atomic E-state index is 0. The molecule has 0 aliphatic rings. The Bertz CT molecular complexity index is 595. The van der Waals surface area contributed by atoms with E-state index in [1.165, 1.54) is 77.0 Å². The van der Waals surface area contributed by atoms with Gasteiger partial charge in [-0.2, -0.15) is 0 Å². The van der Waals surface area contributed by atoms with Gasteiger partial charge >= 0.3 is 74.3 Å². The molecule has 0 rings (SSSR count). The molecule has 0 aromatic heterocycles. The smallest absolute Gasteiger partial charge is 1.00 e. The summed E-state index contributed by atoms with van der Waals surface area (Å²) in [5.41, 5.74) is -1.87. The topological polar surface area (TPSA) is 149 Å². The van der Waals surface area contributed by atoms with Gasteiger partial charge in [-0.1, -0.05) is 116 Å². The van der Waals surface area contributed by atoms with Gasteiger partial charge in [0, 0.05) is 12.8 Å². The maximum absolute atomic E-state index is 11.1. The van der Waals surface area contributed by atoms with Gasteiger partial charge in [-0.3, -0.25) is 18.7 Å². The summed E-state index contributed by atoms with van der Waals surface area (Å²) in [4.78, 5) is 57.1. The van der Waals surface area contributed by atoms with Crippen LogP contribution in [-0.4, -0.2) is 30.6 Å². The van der Waals surface area contributed by atoms with Crippen LogP contribution in [0.25, 0.3) is 0 Å². The summed E-state index contributed by atoms with van der Waals surface area (Å²) in [6.07, 6.45) is 22.3. The van der Waals surface area contributed by atoms with Crippen LogP contribution in [0, 0.1) is 0 Å². The van der Waals surface area contributed by atoms with E-state index in [2.05, 4.69) is 0 Å². The van der Waals surface area contributed by atoms with Crippen LogP contribution in [0.5, 0.6) is 0 Å². The number of rotatable bonds is 25. The van der Waals surface area contributed by atoms with Gasteiger partial charge < -0.3 is 22.4 Å². The molecule has 36 heavy (non-hydrogen) atoms. The maximum Gasteiger partial charge on any atom is 1.00 e. The van der Waals surface area contributed by atoms with E-state index in [-0.39, 0.29) is 74.8 Å². The molecule has 0 heterocycles. The molecule has 0 saturated carbocycles. The molecule has 0 atom stereocenters. The SMILES string of the molecule is O=C(CCCCCCCCCCCCCCCCCCCCCCC(=O)P(=O)(O)O)P(=O)(O)O.[H-].[H-].[Na+].[Na+]. The van der Waals surface area contributed by atoms with Crippen LogP contribution in [0.15, 0.2) is 0 Å². The van der Waals surface area contributed by atoms with E-state index >= 15 is 0 Å². The van der Waals surface area contributed by atoms with Gasteiger partial charge in [-0.05, 0) is 12.8 Å². The molecule has 0 aromatic rings. The van der Waals surface area contributed by atoms with Crippen LogP contribution in [-0.2, 0) is 18.7 Å². The molecule has 0 aliphatic carbocycles. The van der Waals surface area contributed by atoms with Crippen molar-refractivity contribution in [2.45, 2.75) is 141 Å². The first-order valence-corrected chi connectivity index (χ1v) is 16.5. The number of carbonyl (C=O) groups is 2. The molecular formula is C24H50Na2O8P2. The van der Waals surface area contributed by atoms with Crippen LogP contribution in [0.3, 0.4) is 0 Å². The summed E-state index contributed by atoms with van der Waals surface area (Å²) in [5.74, 6) is 0. The molecule has 12 heteroatoms. The average molecular weight is 575 g/mol. The summed E-state index contributed by atoms with van der Waals surface area (Å²) in [7, 11) is -9.05. The number of carbonyl (C=O) groups excluding carboxylic acids is 2. The predicted octanol–water partition coefficient (Wildman–Crippen LogP) is 1.21. The Labute approximate surface area is 265 Å². The Morgan fingerprint density at radius 1 is 0.389 bits per heavy atom. The van der Waals surface area contributed by atoms with Gasteiger partial charge in [-0.15, -0.1) is 0 Å². The van der Waals surface area contributed by atoms with E-state index in [1.807, 2.05) is 0 Å². The standard InChI is InChI=1S/C24H48O8P2.2Na.2H/c25-23(33(27,28)29)21-19-17-15-13-11-9-7-5-3-1-2-4-6-8-10-12-14-16-18-20-22-24(26)34(30,31)32;;;;/h1-22H2,(H2,27,28,29)(H2,30,31,32);;;;/q;2*+1;2*-1. The van der Waals surface area contributed by atoms with E-state index in [1.54, 1.807) is 0 Å². The van der Waals surface area contributed by atoms with E-state index in [0.29, 0.717) is 12.8 Å². The van der Waals surface area contributed by atoms with E-state index in [9.17, 15) is 18.7 Å². The fraction of sp³-hybridized carbons (Fsp3) is 0.917. The van der Waals surface area contributed by atoms with Crippen molar-refractivity contribution >= 4 is 26.2 Å². The largest absolute Gasteiger partial charge is 1.00 e. The zero-order chi connectivity index (χ0) is 25.7. The first-order valence-electron chi connectivity index (χ1n) is 13.2. The summed E-state index contributed by atoms with van der Waals surface area (Å²) < 4.78 is 21.5. The summed E-state index contributed by atoms with van der Waals surface area (Å²) in [5, 5.41) is 0. The van der Waals surface area contributed by atoms with Gasteiger partial charge in [0.2, 0.25) is 11.0 Å². The zero-order valence-corrected chi connectivity index (χ0v) is 28.7. The van der Waals surface area contributed by atoms with E-state index in [4.69, 9.17) is 19.6 Å². The third-order valence-electron chi connectivity index (χ3n) is 6.18. The van der Waals surface area contributed by atoms with Crippen LogP contribution in [0.2, 0.25) is 0 Å². The second-order valence-electron chi connectivity index (χ2n) is 9.45. The Morgan fingerprint density at radius 2 is 0.528 bits per heavy atom. The number of hydrogen-bond donors (Lipinski definition) is 4. The molecule has 0 aromatic carbocycles. The fourth-order valence-electron chi connectivity index (χ4n) is 4.03. The Kier molecular flexibility index (Phi) is 31.4. The zero-order valence-electron chi connectivity index (χ0n) is 24.9. The van der Waals surface area contributed by atoms with Crippen LogP contribution < -0.4 is 59.1 Å². The summed E-state index contributed by atoms with van der Waals surface area (Å²) in [6, 6.07) is 0. The van der Waals surface area contributed by atoms with Gasteiger partial charge in [0.15, 0.2) is 0 Å². The van der Waals surface area contributed by atoms with Crippen molar-refractivity contribution in [3.8, 4) is 0 Å².